The third-order valence-electron chi connectivity index (χ3n) is 4.99. The van der Waals surface area contributed by atoms with Gasteiger partial charge in [0.15, 0.2) is 9.84 Å². The van der Waals surface area contributed by atoms with Crippen molar-refractivity contribution in [3.8, 4) is 9.88 Å². The summed E-state index contributed by atoms with van der Waals surface area (Å²) < 4.78 is 25.5. The Morgan fingerprint density at radius 3 is 2.69 bits per heavy atom. The first-order valence-corrected chi connectivity index (χ1v) is 12.3. The SMILES string of the molecule is C[C@H](C(=O)N(C)C1CCCCC1)S(=O)(=O)Cc1csc(-c2cccs2)n1. The van der Waals surface area contributed by atoms with E-state index in [9.17, 15) is 13.2 Å². The summed E-state index contributed by atoms with van der Waals surface area (Å²) in [5, 5.41) is 3.52. The van der Waals surface area contributed by atoms with Crippen LogP contribution in [0.25, 0.3) is 9.88 Å². The van der Waals surface area contributed by atoms with Gasteiger partial charge in [0.05, 0.1) is 16.3 Å². The van der Waals surface area contributed by atoms with Crippen LogP contribution in [-0.4, -0.2) is 42.5 Å². The minimum absolute atomic E-state index is 0.165. The quantitative estimate of drug-likeness (QED) is 0.720. The average Bonchev–Trinajstić information content (AvgIpc) is 3.31. The second-order valence-corrected chi connectivity index (χ2v) is 10.9. The van der Waals surface area contributed by atoms with Crippen molar-refractivity contribution in [3.63, 3.8) is 0 Å². The molecule has 3 rings (SSSR count). The first-order valence-electron chi connectivity index (χ1n) is 8.85. The number of nitrogens with zero attached hydrogens (tertiary/aromatic N) is 2. The molecule has 5 nitrogen and oxygen atoms in total. The van der Waals surface area contributed by atoms with Gasteiger partial charge in [0, 0.05) is 18.5 Å². The highest BCUT2D eigenvalue weighted by Crippen LogP contribution is 2.29. The summed E-state index contributed by atoms with van der Waals surface area (Å²) >= 11 is 3.01. The van der Waals surface area contributed by atoms with Gasteiger partial charge in [-0.05, 0) is 31.2 Å². The van der Waals surface area contributed by atoms with Crippen LogP contribution in [-0.2, 0) is 20.4 Å². The van der Waals surface area contributed by atoms with Gasteiger partial charge in [-0.25, -0.2) is 13.4 Å². The van der Waals surface area contributed by atoms with Crippen molar-refractivity contribution >= 4 is 38.4 Å². The lowest BCUT2D eigenvalue weighted by Gasteiger charge is -2.32. The topological polar surface area (TPSA) is 67.3 Å². The van der Waals surface area contributed by atoms with Gasteiger partial charge in [-0.3, -0.25) is 4.79 Å². The summed E-state index contributed by atoms with van der Waals surface area (Å²) in [6, 6.07) is 4.07. The van der Waals surface area contributed by atoms with E-state index in [-0.39, 0.29) is 17.7 Å². The number of carbonyl (C=O) groups is 1. The molecule has 1 atom stereocenters. The number of thiophene rings is 1. The van der Waals surface area contributed by atoms with Gasteiger partial charge in [0.1, 0.15) is 10.3 Å². The number of rotatable bonds is 6. The minimum atomic E-state index is -3.60. The fourth-order valence-electron chi connectivity index (χ4n) is 3.31. The van der Waals surface area contributed by atoms with Crippen LogP contribution < -0.4 is 0 Å². The number of amides is 1. The highest BCUT2D eigenvalue weighted by atomic mass is 32.2. The van der Waals surface area contributed by atoms with Gasteiger partial charge in [-0.15, -0.1) is 22.7 Å². The van der Waals surface area contributed by atoms with Crippen LogP contribution in [0.4, 0.5) is 0 Å². The second kappa shape index (κ2) is 8.19. The van der Waals surface area contributed by atoms with Gasteiger partial charge in [-0.2, -0.15) is 0 Å². The number of hydrogen-bond donors (Lipinski definition) is 0. The first-order chi connectivity index (χ1) is 12.4. The van der Waals surface area contributed by atoms with Crippen molar-refractivity contribution in [3.05, 3.63) is 28.6 Å². The Bertz CT molecular complexity index is 837. The molecule has 0 bridgehead atoms. The van der Waals surface area contributed by atoms with E-state index in [1.54, 1.807) is 28.7 Å². The average molecular weight is 413 g/mol. The molecule has 142 valence electrons. The molecule has 0 radical (unpaired) electrons. The van der Waals surface area contributed by atoms with Crippen LogP contribution in [0.15, 0.2) is 22.9 Å². The molecule has 2 aromatic rings. The number of sulfone groups is 1. The normalized spacial score (nSPS) is 17.2. The van der Waals surface area contributed by atoms with Crippen molar-refractivity contribution in [2.45, 2.75) is 56.1 Å². The molecule has 0 unspecified atom stereocenters. The summed E-state index contributed by atoms with van der Waals surface area (Å²) in [5.41, 5.74) is 0.512. The standard InChI is InChI=1S/C18H24N2O3S3/c1-13(18(21)20(2)15-7-4-3-5-8-15)26(22,23)12-14-11-25-17(19-14)16-9-6-10-24-16/h6,9-11,13,15H,3-5,7-8,12H2,1-2H3/t13-/m1/s1. The van der Waals surface area contributed by atoms with E-state index in [1.807, 2.05) is 17.5 Å². The predicted molar refractivity (Wildman–Crippen MR) is 107 cm³/mol. The number of aromatic nitrogens is 1. The lowest BCUT2D eigenvalue weighted by molar-refractivity contribution is -0.131. The van der Waals surface area contributed by atoms with E-state index in [4.69, 9.17) is 0 Å². The Morgan fingerprint density at radius 1 is 1.31 bits per heavy atom. The van der Waals surface area contributed by atoms with Crippen LogP contribution in [0.2, 0.25) is 0 Å². The molecule has 0 spiro atoms. The molecule has 2 heterocycles. The number of thiazole rings is 1. The molecule has 1 aliphatic rings. The Kier molecular flexibility index (Phi) is 6.14. The zero-order valence-corrected chi connectivity index (χ0v) is 17.5. The maximum Gasteiger partial charge on any atom is 0.240 e. The minimum Gasteiger partial charge on any atom is -0.342 e. The lowest BCUT2D eigenvalue weighted by atomic mass is 9.94. The van der Waals surface area contributed by atoms with Crippen molar-refractivity contribution in [2.75, 3.05) is 7.05 Å². The molecule has 1 saturated carbocycles. The molecule has 1 fully saturated rings. The highest BCUT2D eigenvalue weighted by Gasteiger charge is 2.33. The van der Waals surface area contributed by atoms with Gasteiger partial charge < -0.3 is 4.90 Å². The van der Waals surface area contributed by atoms with Crippen LogP contribution in [0, 0.1) is 0 Å². The van der Waals surface area contributed by atoms with Crippen LogP contribution in [0.5, 0.6) is 0 Å². The summed E-state index contributed by atoms with van der Waals surface area (Å²) in [4.78, 5) is 19.8. The van der Waals surface area contributed by atoms with Crippen molar-refractivity contribution in [1.82, 2.24) is 9.88 Å². The van der Waals surface area contributed by atoms with Gasteiger partial charge in [0.2, 0.25) is 5.91 Å². The molecule has 0 aromatic carbocycles. The molecular formula is C18H24N2O3S3. The first kappa shape index (κ1) is 19.5. The van der Waals surface area contributed by atoms with E-state index >= 15 is 0 Å². The van der Waals surface area contributed by atoms with Gasteiger partial charge in [-0.1, -0.05) is 25.3 Å². The Balaban J connectivity index is 1.67. The molecule has 26 heavy (non-hydrogen) atoms. The van der Waals surface area contributed by atoms with Crippen molar-refractivity contribution in [2.24, 2.45) is 0 Å². The fourth-order valence-corrected chi connectivity index (χ4v) is 6.33. The molecule has 8 heteroatoms. The fraction of sp³-hybridized carbons (Fsp3) is 0.556. The van der Waals surface area contributed by atoms with Crippen molar-refractivity contribution in [1.29, 1.82) is 0 Å². The molecule has 1 amide bonds. The lowest BCUT2D eigenvalue weighted by Crippen LogP contribution is -2.45. The monoisotopic (exact) mass is 412 g/mol. The predicted octanol–water partition coefficient (Wildman–Crippen LogP) is 3.97. The van der Waals surface area contributed by atoms with Crippen molar-refractivity contribution < 1.29 is 13.2 Å². The highest BCUT2D eigenvalue weighted by molar-refractivity contribution is 7.92. The number of carbonyl (C=O) groups excluding carboxylic acids is 1. The third-order valence-corrected chi connectivity index (χ3v) is 8.90. The van der Waals surface area contributed by atoms with E-state index in [2.05, 4.69) is 4.98 Å². The zero-order valence-electron chi connectivity index (χ0n) is 15.1. The maximum atomic E-state index is 12.7. The smallest absolute Gasteiger partial charge is 0.240 e. The third kappa shape index (κ3) is 4.35. The number of hydrogen-bond acceptors (Lipinski definition) is 6. The van der Waals surface area contributed by atoms with Crippen LogP contribution in [0.3, 0.4) is 0 Å². The van der Waals surface area contributed by atoms with E-state index in [0.29, 0.717) is 5.69 Å². The van der Waals surface area contributed by atoms with Gasteiger partial charge in [0.25, 0.3) is 0 Å². The molecule has 2 aromatic heterocycles. The van der Waals surface area contributed by atoms with Gasteiger partial charge >= 0.3 is 0 Å². The molecule has 0 N–H and O–H groups in total. The second-order valence-electron chi connectivity index (χ2n) is 6.81. The van der Waals surface area contributed by atoms with E-state index in [0.717, 1.165) is 35.6 Å². The van der Waals surface area contributed by atoms with Crippen LogP contribution in [0.1, 0.15) is 44.7 Å². The van der Waals surface area contributed by atoms with E-state index < -0.39 is 15.1 Å². The Morgan fingerprint density at radius 2 is 2.04 bits per heavy atom. The summed E-state index contributed by atoms with van der Waals surface area (Å²) in [7, 11) is -1.86. The maximum absolute atomic E-state index is 12.7. The zero-order chi connectivity index (χ0) is 18.7. The molecule has 1 aliphatic carbocycles. The Labute approximate surface area is 163 Å². The molecule has 0 aliphatic heterocycles. The largest absolute Gasteiger partial charge is 0.342 e. The summed E-state index contributed by atoms with van der Waals surface area (Å²) in [6.07, 6.45) is 5.33. The molecular weight excluding hydrogens is 388 g/mol. The summed E-state index contributed by atoms with van der Waals surface area (Å²) in [5.74, 6) is -0.495. The van der Waals surface area contributed by atoms with Crippen LogP contribution >= 0.6 is 22.7 Å². The Hall–Kier alpha value is -1.25. The molecule has 0 saturated heterocycles. The van der Waals surface area contributed by atoms with E-state index in [1.165, 1.54) is 24.7 Å². The summed E-state index contributed by atoms with van der Waals surface area (Å²) in [6.45, 7) is 1.50.